The van der Waals surface area contributed by atoms with Gasteiger partial charge in [0.1, 0.15) is 4.90 Å². The van der Waals surface area contributed by atoms with Crippen molar-refractivity contribution in [3.8, 4) is 22.5 Å². The Hall–Kier alpha value is -3.20. The van der Waals surface area contributed by atoms with Crippen LogP contribution in [-0.4, -0.2) is 81.2 Å². The van der Waals surface area contributed by atoms with Crippen LogP contribution in [0.5, 0.6) is 0 Å². The molecule has 3 aromatic rings. The Morgan fingerprint density at radius 3 is 2.46 bits per heavy atom. The number of nitrogens with one attached hydrogen (secondary N) is 2. The summed E-state index contributed by atoms with van der Waals surface area (Å²) in [4.78, 5) is 13.2. The number of aromatic nitrogens is 4. The molecule has 35 heavy (non-hydrogen) atoms. The van der Waals surface area contributed by atoms with E-state index in [4.69, 9.17) is 5.14 Å². The Bertz CT molecular complexity index is 1460. The molecule has 0 spiro atoms. The number of rotatable bonds is 7. The number of sulfonamides is 1. The zero-order chi connectivity index (χ0) is 25.4. The van der Waals surface area contributed by atoms with Gasteiger partial charge < -0.3 is 10.2 Å². The molecule has 2 heterocycles. The van der Waals surface area contributed by atoms with Crippen LogP contribution in [0.1, 0.15) is 16.8 Å². The number of sulfone groups is 1. The third kappa shape index (κ3) is 4.96. The van der Waals surface area contributed by atoms with Crippen LogP contribution in [0.3, 0.4) is 0 Å². The Balaban J connectivity index is 2.04. The van der Waals surface area contributed by atoms with Crippen molar-refractivity contribution < 1.29 is 21.6 Å². The third-order valence-electron chi connectivity index (χ3n) is 5.78. The van der Waals surface area contributed by atoms with Gasteiger partial charge in [0.05, 0.1) is 16.2 Å². The summed E-state index contributed by atoms with van der Waals surface area (Å²) in [5.41, 5.74) is 0.712. The van der Waals surface area contributed by atoms with E-state index in [-0.39, 0.29) is 40.1 Å². The average Bonchev–Trinajstić information content (AvgIpc) is 3.51. The fourth-order valence-electron chi connectivity index (χ4n) is 4.21. The molecule has 186 valence electrons. The van der Waals surface area contributed by atoms with Crippen molar-refractivity contribution in [1.82, 2.24) is 30.8 Å². The number of carbonyl (C=O) groups excluding carboxylic acids is 1. The van der Waals surface area contributed by atoms with Gasteiger partial charge in [0.2, 0.25) is 15.8 Å². The van der Waals surface area contributed by atoms with Crippen molar-refractivity contribution in [2.24, 2.45) is 11.1 Å². The lowest BCUT2D eigenvalue weighted by molar-refractivity contribution is 0.0828. The van der Waals surface area contributed by atoms with Crippen LogP contribution in [0.2, 0.25) is 0 Å². The van der Waals surface area contributed by atoms with Crippen molar-refractivity contribution >= 4 is 25.8 Å². The van der Waals surface area contributed by atoms with Gasteiger partial charge in [0, 0.05) is 19.7 Å². The van der Waals surface area contributed by atoms with E-state index >= 15 is 0 Å². The van der Waals surface area contributed by atoms with Crippen molar-refractivity contribution in [3.05, 3.63) is 42.0 Å². The van der Waals surface area contributed by atoms with Crippen LogP contribution in [-0.2, 0) is 19.9 Å². The molecule has 0 bridgehead atoms. The number of hydrogen-bond acceptors (Lipinski definition) is 9. The van der Waals surface area contributed by atoms with Gasteiger partial charge in [-0.2, -0.15) is 5.21 Å². The highest BCUT2D eigenvalue weighted by atomic mass is 32.2. The minimum absolute atomic E-state index is 0.147. The van der Waals surface area contributed by atoms with Crippen LogP contribution in [0.15, 0.2) is 46.2 Å². The van der Waals surface area contributed by atoms with Gasteiger partial charge in [0.15, 0.2) is 9.84 Å². The summed E-state index contributed by atoms with van der Waals surface area (Å²) in [7, 11) is -5.50. The monoisotopic (exact) mass is 519 g/mol. The van der Waals surface area contributed by atoms with Gasteiger partial charge in [-0.1, -0.05) is 24.3 Å². The molecule has 1 amide bonds. The molecule has 0 aliphatic carbocycles. The maximum absolute atomic E-state index is 13.4. The molecule has 14 heteroatoms. The molecule has 1 aliphatic heterocycles. The number of carbonyl (C=O) groups is 1. The summed E-state index contributed by atoms with van der Waals surface area (Å²) >= 11 is 0. The maximum atomic E-state index is 13.4. The molecule has 1 aromatic heterocycles. The molecule has 1 fully saturated rings. The van der Waals surface area contributed by atoms with E-state index in [2.05, 4.69) is 25.9 Å². The summed E-state index contributed by atoms with van der Waals surface area (Å²) in [5.74, 6) is -0.915. The Labute approximate surface area is 202 Å². The fraction of sp³-hybridized carbons (Fsp3) is 0.333. The average molecular weight is 520 g/mol. The largest absolute Gasteiger partial charge is 0.345 e. The van der Waals surface area contributed by atoms with E-state index in [0.717, 1.165) is 0 Å². The number of tetrazole rings is 1. The smallest absolute Gasteiger partial charge is 0.253 e. The molecule has 4 rings (SSSR count). The predicted molar refractivity (Wildman–Crippen MR) is 127 cm³/mol. The van der Waals surface area contributed by atoms with E-state index in [0.29, 0.717) is 25.1 Å². The summed E-state index contributed by atoms with van der Waals surface area (Å²) < 4.78 is 52.6. The molecular formula is C21H25N7O5S2. The normalized spacial score (nSPS) is 16.4. The number of H-pyrrole nitrogens is 1. The van der Waals surface area contributed by atoms with E-state index in [1.807, 2.05) is 0 Å². The fourth-order valence-corrected chi connectivity index (χ4v) is 7.52. The van der Waals surface area contributed by atoms with Gasteiger partial charge in [-0.05, 0) is 53.9 Å². The second kappa shape index (κ2) is 9.45. The number of primary sulfonamides is 1. The van der Waals surface area contributed by atoms with Gasteiger partial charge in [-0.3, -0.25) is 4.79 Å². The number of aromatic amines is 1. The van der Waals surface area contributed by atoms with Gasteiger partial charge in [-0.25, -0.2) is 22.0 Å². The molecule has 0 unspecified atom stereocenters. The summed E-state index contributed by atoms with van der Waals surface area (Å²) in [5, 5.41) is 22.3. The lowest BCUT2D eigenvalue weighted by Crippen LogP contribution is -2.24. The van der Waals surface area contributed by atoms with Crippen LogP contribution in [0.4, 0.5) is 0 Å². The van der Waals surface area contributed by atoms with E-state index in [1.165, 1.54) is 17.0 Å². The number of hydrogen-bond donors (Lipinski definition) is 3. The predicted octanol–water partition coefficient (Wildman–Crippen LogP) is 0.266. The second-order valence-corrected chi connectivity index (χ2v) is 12.0. The molecule has 1 atom stereocenters. The Morgan fingerprint density at radius 2 is 1.86 bits per heavy atom. The zero-order valence-corrected chi connectivity index (χ0v) is 20.7. The highest BCUT2D eigenvalue weighted by Gasteiger charge is 2.34. The molecule has 2 aromatic carbocycles. The van der Waals surface area contributed by atoms with Gasteiger partial charge in [-0.15, -0.1) is 10.2 Å². The van der Waals surface area contributed by atoms with Crippen molar-refractivity contribution in [3.63, 3.8) is 0 Å². The standard InChI is InChI=1S/C21H25N7O5S2/c1-28(2)21(29)16-6-4-3-5-14(16)15-7-8-17(34(30,31)12-13-9-10-23-11-13)19(35(22,32)33)18(15)20-24-26-27-25-20/h3-8,13,23H,9-12H2,1-2H3,(H2,22,32,33)(H,24,25,26,27)/t13-/m1/s1. The number of nitrogens with zero attached hydrogens (tertiary/aromatic N) is 4. The first-order valence-electron chi connectivity index (χ1n) is 10.7. The molecule has 0 radical (unpaired) electrons. The lowest BCUT2D eigenvalue weighted by atomic mass is 9.94. The molecule has 12 nitrogen and oxygen atoms in total. The van der Waals surface area contributed by atoms with Crippen molar-refractivity contribution in [2.45, 2.75) is 16.2 Å². The zero-order valence-electron chi connectivity index (χ0n) is 19.1. The maximum Gasteiger partial charge on any atom is 0.253 e. The van der Waals surface area contributed by atoms with E-state index in [1.54, 1.807) is 38.4 Å². The third-order valence-corrected chi connectivity index (χ3v) is 8.82. The van der Waals surface area contributed by atoms with E-state index in [9.17, 15) is 21.6 Å². The van der Waals surface area contributed by atoms with Crippen LogP contribution in [0.25, 0.3) is 22.5 Å². The quantitative estimate of drug-likeness (QED) is 0.394. The van der Waals surface area contributed by atoms with Gasteiger partial charge >= 0.3 is 0 Å². The minimum atomic E-state index is -4.60. The molecule has 4 N–H and O–H groups in total. The van der Waals surface area contributed by atoms with E-state index < -0.39 is 29.7 Å². The molecule has 0 saturated carbocycles. The number of amides is 1. The van der Waals surface area contributed by atoms with Crippen molar-refractivity contribution in [2.75, 3.05) is 32.9 Å². The summed E-state index contributed by atoms with van der Waals surface area (Å²) in [6.07, 6.45) is 0.653. The molecular weight excluding hydrogens is 494 g/mol. The molecule has 1 saturated heterocycles. The molecule has 1 aliphatic rings. The van der Waals surface area contributed by atoms with Crippen molar-refractivity contribution in [1.29, 1.82) is 0 Å². The van der Waals surface area contributed by atoms with Gasteiger partial charge in [0.25, 0.3) is 5.91 Å². The van der Waals surface area contributed by atoms with Crippen LogP contribution >= 0.6 is 0 Å². The Kier molecular flexibility index (Phi) is 6.73. The highest BCUT2D eigenvalue weighted by Crippen LogP contribution is 2.40. The first-order valence-corrected chi connectivity index (χ1v) is 13.9. The highest BCUT2D eigenvalue weighted by molar-refractivity contribution is 7.93. The summed E-state index contributed by atoms with van der Waals surface area (Å²) in [6.45, 7) is 1.20. The number of benzene rings is 2. The SMILES string of the molecule is CN(C)C(=O)c1ccccc1-c1ccc(S(=O)(=O)C[C@@H]2CCNC2)c(S(N)(=O)=O)c1-c1nn[nH]n1. The topological polar surface area (TPSA) is 181 Å². The Morgan fingerprint density at radius 1 is 1.11 bits per heavy atom. The minimum Gasteiger partial charge on any atom is -0.345 e. The lowest BCUT2D eigenvalue weighted by Gasteiger charge is -2.19. The summed E-state index contributed by atoms with van der Waals surface area (Å²) in [6, 6.07) is 9.22. The van der Waals surface area contributed by atoms with Crippen LogP contribution in [0, 0.1) is 5.92 Å². The number of nitrogens with two attached hydrogens (primary N) is 1. The first kappa shape index (κ1) is 24.9. The first-order chi connectivity index (χ1) is 16.5. The second-order valence-electron chi connectivity index (χ2n) is 8.48. The van der Waals surface area contributed by atoms with Crippen LogP contribution < -0.4 is 10.5 Å².